The van der Waals surface area contributed by atoms with Crippen molar-refractivity contribution in [1.82, 2.24) is 0 Å². The highest BCUT2D eigenvalue weighted by Crippen LogP contribution is 2.43. The molecular formula is C27H24ClNO5. The molecule has 3 aromatic rings. The van der Waals surface area contributed by atoms with Gasteiger partial charge in [0.05, 0.1) is 29.9 Å². The summed E-state index contributed by atoms with van der Waals surface area (Å²) in [5, 5.41) is 11.5. The number of hydrogen-bond donors (Lipinski definition) is 1. The monoisotopic (exact) mass is 477 g/mol. The predicted molar refractivity (Wildman–Crippen MR) is 131 cm³/mol. The number of methoxy groups -OCH3 is 1. The Morgan fingerprint density at radius 1 is 1.00 bits per heavy atom. The molecule has 1 saturated heterocycles. The van der Waals surface area contributed by atoms with Crippen LogP contribution in [0, 0.1) is 0 Å². The van der Waals surface area contributed by atoms with Crippen LogP contribution < -0.4 is 14.4 Å². The zero-order valence-corrected chi connectivity index (χ0v) is 19.7. The predicted octanol–water partition coefficient (Wildman–Crippen LogP) is 5.76. The van der Waals surface area contributed by atoms with Crippen molar-refractivity contribution < 1.29 is 24.2 Å². The summed E-state index contributed by atoms with van der Waals surface area (Å²) in [5.41, 5.74) is 1.48. The fraction of sp³-hybridized carbons (Fsp3) is 0.185. The third kappa shape index (κ3) is 4.37. The summed E-state index contributed by atoms with van der Waals surface area (Å²) in [4.78, 5) is 27.8. The molecule has 1 heterocycles. The van der Waals surface area contributed by atoms with Crippen molar-refractivity contribution in [3.63, 3.8) is 0 Å². The van der Waals surface area contributed by atoms with Gasteiger partial charge < -0.3 is 14.6 Å². The quantitative estimate of drug-likeness (QED) is 0.277. The van der Waals surface area contributed by atoms with Gasteiger partial charge in [0.25, 0.3) is 11.7 Å². The molecule has 0 spiro atoms. The van der Waals surface area contributed by atoms with E-state index < -0.39 is 17.7 Å². The van der Waals surface area contributed by atoms with E-state index in [0.29, 0.717) is 28.3 Å². The van der Waals surface area contributed by atoms with Gasteiger partial charge in [-0.25, -0.2) is 0 Å². The van der Waals surface area contributed by atoms with Crippen LogP contribution in [0.3, 0.4) is 0 Å². The first-order valence-electron chi connectivity index (χ1n) is 10.8. The van der Waals surface area contributed by atoms with E-state index in [9.17, 15) is 14.7 Å². The lowest BCUT2D eigenvalue weighted by molar-refractivity contribution is -0.132. The number of hydrogen-bond acceptors (Lipinski definition) is 5. The first kappa shape index (κ1) is 23.4. The maximum absolute atomic E-state index is 13.2. The highest BCUT2D eigenvalue weighted by atomic mass is 35.5. The molecule has 4 rings (SSSR count). The number of rotatable bonds is 6. The van der Waals surface area contributed by atoms with Crippen LogP contribution in [0.25, 0.3) is 5.76 Å². The number of aliphatic hydroxyl groups is 1. The van der Waals surface area contributed by atoms with Gasteiger partial charge in [0, 0.05) is 11.3 Å². The Balaban J connectivity index is 1.88. The highest BCUT2D eigenvalue weighted by molar-refractivity contribution is 6.51. The number of halogens is 1. The number of carbonyl (C=O) groups excluding carboxylic acids is 2. The van der Waals surface area contributed by atoms with E-state index >= 15 is 0 Å². The first-order valence-corrected chi connectivity index (χ1v) is 11.2. The number of Topliss-reactive ketones (excluding diaryl/α,β-unsaturated/α-hetero) is 1. The zero-order valence-electron chi connectivity index (χ0n) is 19.0. The van der Waals surface area contributed by atoms with Crippen LogP contribution in [-0.4, -0.2) is 30.0 Å². The van der Waals surface area contributed by atoms with E-state index in [1.807, 2.05) is 19.9 Å². The Morgan fingerprint density at radius 2 is 1.68 bits per heavy atom. The Kier molecular flexibility index (Phi) is 6.61. The smallest absolute Gasteiger partial charge is 0.300 e. The molecule has 0 aromatic heterocycles. The highest BCUT2D eigenvalue weighted by Gasteiger charge is 2.47. The number of ketones is 1. The molecule has 0 aliphatic carbocycles. The van der Waals surface area contributed by atoms with Crippen molar-refractivity contribution in [2.45, 2.75) is 26.0 Å². The molecular weight excluding hydrogens is 454 g/mol. The molecule has 174 valence electrons. The molecule has 1 N–H and O–H groups in total. The third-order valence-electron chi connectivity index (χ3n) is 5.47. The van der Waals surface area contributed by atoms with Crippen molar-refractivity contribution >= 4 is 34.7 Å². The molecule has 1 unspecified atom stereocenters. The molecule has 7 heteroatoms. The Hall–Kier alpha value is -3.77. The zero-order chi connectivity index (χ0) is 24.4. The maximum Gasteiger partial charge on any atom is 0.300 e. The number of nitrogens with zero attached hydrogens (tertiary/aromatic N) is 1. The molecule has 1 amide bonds. The van der Waals surface area contributed by atoms with E-state index in [4.69, 9.17) is 21.1 Å². The van der Waals surface area contributed by atoms with Crippen LogP contribution >= 0.6 is 11.6 Å². The topological polar surface area (TPSA) is 76.1 Å². The van der Waals surface area contributed by atoms with Gasteiger partial charge in [0.2, 0.25) is 0 Å². The van der Waals surface area contributed by atoms with E-state index in [1.54, 1.807) is 60.7 Å². The molecule has 6 nitrogen and oxygen atoms in total. The third-order valence-corrected chi connectivity index (χ3v) is 5.77. The summed E-state index contributed by atoms with van der Waals surface area (Å²) in [6, 6.07) is 19.9. The minimum absolute atomic E-state index is 0.000579. The molecule has 34 heavy (non-hydrogen) atoms. The van der Waals surface area contributed by atoms with E-state index in [1.165, 1.54) is 18.1 Å². The minimum atomic E-state index is -0.837. The van der Waals surface area contributed by atoms with E-state index in [2.05, 4.69) is 0 Å². The molecule has 1 atom stereocenters. The van der Waals surface area contributed by atoms with Gasteiger partial charge in [-0.2, -0.15) is 0 Å². The Bertz CT molecular complexity index is 1250. The lowest BCUT2D eigenvalue weighted by Gasteiger charge is -2.25. The fourth-order valence-electron chi connectivity index (χ4n) is 3.97. The molecule has 0 radical (unpaired) electrons. The van der Waals surface area contributed by atoms with Crippen molar-refractivity contribution in [2.75, 3.05) is 12.0 Å². The van der Waals surface area contributed by atoms with Crippen LogP contribution in [0.4, 0.5) is 5.69 Å². The van der Waals surface area contributed by atoms with Crippen molar-refractivity contribution in [1.29, 1.82) is 0 Å². The van der Waals surface area contributed by atoms with Crippen LogP contribution in [0.1, 0.15) is 31.0 Å². The molecule has 3 aromatic carbocycles. The molecule has 0 bridgehead atoms. The summed E-state index contributed by atoms with van der Waals surface area (Å²) in [5.74, 6) is -0.716. The van der Waals surface area contributed by atoms with Crippen molar-refractivity contribution in [3.8, 4) is 11.5 Å². The average molecular weight is 478 g/mol. The van der Waals surface area contributed by atoms with Gasteiger partial charge in [-0.3, -0.25) is 14.5 Å². The largest absolute Gasteiger partial charge is 0.507 e. The van der Waals surface area contributed by atoms with Crippen LogP contribution in [0.15, 0.2) is 78.4 Å². The van der Waals surface area contributed by atoms with Crippen LogP contribution in [-0.2, 0) is 9.59 Å². The maximum atomic E-state index is 13.2. The molecule has 1 aliphatic heterocycles. The second kappa shape index (κ2) is 9.61. The van der Waals surface area contributed by atoms with Gasteiger partial charge in [0.1, 0.15) is 17.3 Å². The number of ether oxygens (including phenoxy) is 2. The van der Waals surface area contributed by atoms with Gasteiger partial charge in [0.15, 0.2) is 0 Å². The van der Waals surface area contributed by atoms with E-state index in [-0.39, 0.29) is 22.5 Å². The Morgan fingerprint density at radius 3 is 2.26 bits per heavy atom. The number of amides is 1. The Labute approximate surface area is 203 Å². The standard InChI is InChI=1S/C27H24ClNO5/c1-16(2)34-20-12-9-17(10-13-20)24-23(25(30)18-11-14-22(33-3)21(28)15-18)26(31)27(32)29(24)19-7-5-4-6-8-19/h4-16,24,30H,1-3H3/b25-23-. The number of benzene rings is 3. The second-order valence-electron chi connectivity index (χ2n) is 8.09. The van der Waals surface area contributed by atoms with Crippen LogP contribution in [0.2, 0.25) is 5.02 Å². The fourth-order valence-corrected chi connectivity index (χ4v) is 4.23. The van der Waals surface area contributed by atoms with Crippen LogP contribution in [0.5, 0.6) is 11.5 Å². The van der Waals surface area contributed by atoms with E-state index in [0.717, 1.165) is 0 Å². The van der Waals surface area contributed by atoms with Gasteiger partial charge in [-0.15, -0.1) is 0 Å². The number of anilines is 1. The van der Waals surface area contributed by atoms with Crippen molar-refractivity contribution in [3.05, 3.63) is 94.5 Å². The number of aliphatic hydroxyl groups excluding tert-OH is 1. The summed E-state index contributed by atoms with van der Waals surface area (Å²) < 4.78 is 10.9. The normalized spacial score (nSPS) is 17.3. The summed E-state index contributed by atoms with van der Waals surface area (Å²) in [6.07, 6.45) is 0.000579. The van der Waals surface area contributed by atoms with Crippen molar-refractivity contribution in [2.24, 2.45) is 0 Å². The number of para-hydroxylation sites is 1. The average Bonchev–Trinajstić information content (AvgIpc) is 3.09. The second-order valence-corrected chi connectivity index (χ2v) is 8.50. The number of carbonyl (C=O) groups is 2. The van der Waals surface area contributed by atoms with Gasteiger partial charge >= 0.3 is 0 Å². The molecule has 0 saturated carbocycles. The first-order chi connectivity index (χ1) is 16.3. The lowest BCUT2D eigenvalue weighted by Crippen LogP contribution is -2.29. The summed E-state index contributed by atoms with van der Waals surface area (Å²) in [6.45, 7) is 3.86. The molecule has 1 aliphatic rings. The lowest BCUT2D eigenvalue weighted by atomic mass is 9.95. The molecule has 1 fully saturated rings. The summed E-state index contributed by atoms with van der Waals surface area (Å²) in [7, 11) is 1.48. The SMILES string of the molecule is COc1ccc(/C(O)=C2/C(=O)C(=O)N(c3ccccc3)C2c2ccc(OC(C)C)cc2)cc1Cl. The summed E-state index contributed by atoms with van der Waals surface area (Å²) >= 11 is 6.25. The van der Waals surface area contributed by atoms with Gasteiger partial charge in [-0.1, -0.05) is 41.9 Å². The van der Waals surface area contributed by atoms with Gasteiger partial charge in [-0.05, 0) is 61.9 Å². The minimum Gasteiger partial charge on any atom is -0.507 e.